The molecule has 0 spiro atoms. The van der Waals surface area contributed by atoms with Crippen LogP contribution in [0.15, 0.2) is 23.1 Å². The van der Waals surface area contributed by atoms with Crippen molar-refractivity contribution in [2.75, 3.05) is 20.1 Å². The normalized spacial score (nSPS) is 12.1. The number of nitro benzene ring substituents is 1. The predicted molar refractivity (Wildman–Crippen MR) is 76.0 cm³/mol. The van der Waals surface area contributed by atoms with Crippen LogP contribution in [-0.2, 0) is 10.0 Å². The van der Waals surface area contributed by atoms with Crippen LogP contribution in [-0.4, -0.2) is 44.4 Å². The molecule has 0 aliphatic carbocycles. The molecular formula is C12H18FN3O4S. The van der Waals surface area contributed by atoms with E-state index in [1.54, 1.807) is 0 Å². The van der Waals surface area contributed by atoms with E-state index in [1.165, 1.54) is 0 Å². The molecule has 0 fully saturated rings. The van der Waals surface area contributed by atoms with E-state index in [0.29, 0.717) is 12.6 Å². The first kappa shape index (κ1) is 17.5. The fraction of sp³-hybridized carbons (Fsp3) is 0.500. The van der Waals surface area contributed by atoms with E-state index in [0.717, 1.165) is 12.1 Å². The standard InChI is InChI=1S/C12H18FN3O4S/c1-9(2)15(3)7-6-14-21(19,20)10-4-5-12(16(17)18)11(13)8-10/h4-5,8-9,14H,6-7H2,1-3H3. The molecule has 1 rings (SSSR count). The maximum Gasteiger partial charge on any atom is 0.304 e. The summed E-state index contributed by atoms with van der Waals surface area (Å²) in [5.41, 5.74) is -0.756. The Labute approximate surface area is 123 Å². The molecule has 0 bridgehead atoms. The van der Waals surface area contributed by atoms with Crippen LogP contribution in [0.3, 0.4) is 0 Å². The molecule has 0 aliphatic rings. The van der Waals surface area contributed by atoms with Crippen LogP contribution in [0, 0.1) is 15.9 Å². The number of hydrogen-bond acceptors (Lipinski definition) is 5. The molecule has 0 atom stereocenters. The molecule has 1 aromatic carbocycles. The first-order valence-corrected chi connectivity index (χ1v) is 7.77. The van der Waals surface area contributed by atoms with Gasteiger partial charge >= 0.3 is 5.69 Å². The van der Waals surface area contributed by atoms with Crippen molar-refractivity contribution in [1.29, 1.82) is 0 Å². The highest BCUT2D eigenvalue weighted by Gasteiger charge is 2.20. The highest BCUT2D eigenvalue weighted by Crippen LogP contribution is 2.20. The number of likely N-dealkylation sites (N-methyl/N-ethyl adjacent to an activating group) is 1. The summed E-state index contributed by atoms with van der Waals surface area (Å²) in [5, 5.41) is 10.5. The summed E-state index contributed by atoms with van der Waals surface area (Å²) in [6, 6.07) is 2.76. The third-order valence-electron chi connectivity index (χ3n) is 3.06. The number of sulfonamides is 1. The Bertz CT molecular complexity index is 619. The average molecular weight is 319 g/mol. The Kier molecular flexibility index (Phi) is 5.76. The van der Waals surface area contributed by atoms with Gasteiger partial charge in [-0.15, -0.1) is 0 Å². The maximum atomic E-state index is 13.4. The molecule has 0 saturated carbocycles. The second-order valence-corrected chi connectivity index (χ2v) is 6.61. The van der Waals surface area contributed by atoms with E-state index in [2.05, 4.69) is 4.72 Å². The summed E-state index contributed by atoms with van der Waals surface area (Å²) in [4.78, 5) is 11.2. The summed E-state index contributed by atoms with van der Waals surface area (Å²) in [7, 11) is -2.03. The number of nitro groups is 1. The van der Waals surface area contributed by atoms with Gasteiger partial charge in [-0.1, -0.05) is 0 Å². The van der Waals surface area contributed by atoms with Gasteiger partial charge in [0, 0.05) is 31.3 Å². The summed E-state index contributed by atoms with van der Waals surface area (Å²) >= 11 is 0. The molecule has 1 N–H and O–H groups in total. The van der Waals surface area contributed by atoms with Crippen LogP contribution in [0.25, 0.3) is 0 Å². The van der Waals surface area contributed by atoms with Gasteiger partial charge in [-0.2, -0.15) is 4.39 Å². The van der Waals surface area contributed by atoms with Crippen LogP contribution >= 0.6 is 0 Å². The lowest BCUT2D eigenvalue weighted by Crippen LogP contribution is -2.36. The Balaban J connectivity index is 2.79. The fourth-order valence-electron chi connectivity index (χ4n) is 1.50. The smallest absolute Gasteiger partial charge is 0.303 e. The minimum atomic E-state index is -3.89. The number of rotatable bonds is 7. The monoisotopic (exact) mass is 319 g/mol. The molecule has 21 heavy (non-hydrogen) atoms. The highest BCUT2D eigenvalue weighted by molar-refractivity contribution is 7.89. The largest absolute Gasteiger partial charge is 0.304 e. The lowest BCUT2D eigenvalue weighted by atomic mass is 10.3. The molecule has 0 radical (unpaired) electrons. The minimum Gasteiger partial charge on any atom is -0.303 e. The van der Waals surface area contributed by atoms with Crippen molar-refractivity contribution in [2.45, 2.75) is 24.8 Å². The van der Waals surface area contributed by atoms with Crippen LogP contribution in [0.2, 0.25) is 0 Å². The molecular weight excluding hydrogens is 301 g/mol. The van der Waals surface area contributed by atoms with Crippen molar-refractivity contribution in [2.24, 2.45) is 0 Å². The van der Waals surface area contributed by atoms with Crippen LogP contribution in [0.5, 0.6) is 0 Å². The molecule has 0 heterocycles. The van der Waals surface area contributed by atoms with Gasteiger partial charge < -0.3 is 4.90 Å². The van der Waals surface area contributed by atoms with E-state index < -0.39 is 26.5 Å². The van der Waals surface area contributed by atoms with Crippen LogP contribution in [0.1, 0.15) is 13.8 Å². The Hall–Kier alpha value is -1.58. The van der Waals surface area contributed by atoms with Crippen LogP contribution < -0.4 is 4.72 Å². The van der Waals surface area contributed by atoms with Crippen LogP contribution in [0.4, 0.5) is 10.1 Å². The van der Waals surface area contributed by atoms with Gasteiger partial charge in [0.2, 0.25) is 15.8 Å². The molecule has 1 aromatic rings. The third-order valence-corrected chi connectivity index (χ3v) is 4.52. The van der Waals surface area contributed by atoms with Gasteiger partial charge in [0.1, 0.15) is 0 Å². The number of halogens is 1. The third kappa shape index (κ3) is 4.73. The Morgan fingerprint density at radius 1 is 1.43 bits per heavy atom. The molecule has 7 nitrogen and oxygen atoms in total. The van der Waals surface area contributed by atoms with E-state index in [1.807, 2.05) is 25.8 Å². The first-order valence-electron chi connectivity index (χ1n) is 6.29. The van der Waals surface area contributed by atoms with Gasteiger partial charge in [-0.3, -0.25) is 10.1 Å². The van der Waals surface area contributed by atoms with E-state index >= 15 is 0 Å². The minimum absolute atomic E-state index is 0.162. The van der Waals surface area contributed by atoms with Crippen molar-refractivity contribution in [3.8, 4) is 0 Å². The topological polar surface area (TPSA) is 92.6 Å². The number of hydrogen-bond donors (Lipinski definition) is 1. The van der Waals surface area contributed by atoms with Crippen molar-refractivity contribution < 1.29 is 17.7 Å². The van der Waals surface area contributed by atoms with Gasteiger partial charge in [0.05, 0.1) is 9.82 Å². The fourth-order valence-corrected chi connectivity index (χ4v) is 2.53. The van der Waals surface area contributed by atoms with E-state index in [9.17, 15) is 22.9 Å². The van der Waals surface area contributed by atoms with E-state index in [4.69, 9.17) is 0 Å². The second-order valence-electron chi connectivity index (χ2n) is 4.84. The zero-order valence-electron chi connectivity index (χ0n) is 12.0. The zero-order valence-corrected chi connectivity index (χ0v) is 12.9. The lowest BCUT2D eigenvalue weighted by molar-refractivity contribution is -0.387. The quantitative estimate of drug-likeness (QED) is 0.605. The van der Waals surface area contributed by atoms with Gasteiger partial charge in [0.25, 0.3) is 0 Å². The Morgan fingerprint density at radius 2 is 2.05 bits per heavy atom. The molecule has 9 heteroatoms. The van der Waals surface area contributed by atoms with Crippen molar-refractivity contribution >= 4 is 15.7 Å². The zero-order chi connectivity index (χ0) is 16.2. The molecule has 0 aromatic heterocycles. The van der Waals surface area contributed by atoms with Crippen molar-refractivity contribution in [3.63, 3.8) is 0 Å². The summed E-state index contributed by atoms with van der Waals surface area (Å²) in [6.07, 6.45) is 0. The molecule has 0 unspecified atom stereocenters. The number of nitrogens with one attached hydrogen (secondary N) is 1. The molecule has 0 aliphatic heterocycles. The predicted octanol–water partition coefficient (Wildman–Crippen LogP) is 1.35. The van der Waals surface area contributed by atoms with Gasteiger partial charge in [-0.05, 0) is 27.0 Å². The molecule has 0 saturated heterocycles. The van der Waals surface area contributed by atoms with Crippen molar-refractivity contribution in [1.82, 2.24) is 9.62 Å². The average Bonchev–Trinajstić information content (AvgIpc) is 2.37. The lowest BCUT2D eigenvalue weighted by Gasteiger charge is -2.20. The summed E-state index contributed by atoms with van der Waals surface area (Å²) in [6.45, 7) is 4.60. The summed E-state index contributed by atoms with van der Waals surface area (Å²) < 4.78 is 39.7. The SMILES string of the molecule is CC(C)N(C)CCNS(=O)(=O)c1ccc([N+](=O)[O-])c(F)c1. The van der Waals surface area contributed by atoms with Crippen molar-refractivity contribution in [3.05, 3.63) is 34.1 Å². The Morgan fingerprint density at radius 3 is 2.52 bits per heavy atom. The summed E-state index contributed by atoms with van der Waals surface area (Å²) in [5.74, 6) is -1.18. The molecule has 0 amide bonds. The number of nitrogens with zero attached hydrogens (tertiary/aromatic N) is 2. The first-order chi connectivity index (χ1) is 9.65. The second kappa shape index (κ2) is 6.92. The number of benzene rings is 1. The van der Waals surface area contributed by atoms with Gasteiger partial charge in [-0.25, -0.2) is 13.1 Å². The highest BCUT2D eigenvalue weighted by atomic mass is 32.2. The van der Waals surface area contributed by atoms with E-state index in [-0.39, 0.29) is 17.5 Å². The molecule has 118 valence electrons. The maximum absolute atomic E-state index is 13.4. The van der Waals surface area contributed by atoms with Gasteiger partial charge in [0.15, 0.2) is 0 Å².